The first-order valence-corrected chi connectivity index (χ1v) is 6.29. The summed E-state index contributed by atoms with van der Waals surface area (Å²) in [5.41, 5.74) is 6.62. The van der Waals surface area contributed by atoms with E-state index in [0.29, 0.717) is 5.00 Å². The Balaban J connectivity index is 0.000000770. The van der Waals surface area contributed by atoms with E-state index in [4.69, 9.17) is 11.0 Å². The fourth-order valence-corrected chi connectivity index (χ4v) is 2.28. The number of nitrogens with zero attached hydrogens (tertiary/aromatic N) is 2. The van der Waals surface area contributed by atoms with Gasteiger partial charge < -0.3 is 10.6 Å². The van der Waals surface area contributed by atoms with Crippen LogP contribution in [0.3, 0.4) is 0 Å². The lowest BCUT2D eigenvalue weighted by Gasteiger charge is -2.17. The fraction of sp³-hybridized carbons (Fsp3) is 0.500. The van der Waals surface area contributed by atoms with Gasteiger partial charge in [0.15, 0.2) is 0 Å². The lowest BCUT2D eigenvalue weighted by molar-refractivity contribution is 0.0777. The molecule has 94 valence electrons. The molecule has 0 unspecified atom stereocenters. The Morgan fingerprint density at radius 2 is 2.00 bits per heavy atom. The highest BCUT2D eigenvalue weighted by molar-refractivity contribution is 7.17. The number of nitriles is 1. The summed E-state index contributed by atoms with van der Waals surface area (Å²) in [6, 6.07) is 3.60. The Hall–Kier alpha value is -1.54. The third-order valence-corrected chi connectivity index (χ3v) is 3.24. The summed E-state index contributed by atoms with van der Waals surface area (Å²) in [7, 11) is 0. The number of amides is 1. The van der Waals surface area contributed by atoms with Crippen molar-refractivity contribution >= 4 is 22.2 Å². The molecule has 1 rings (SSSR count). The first-order valence-electron chi connectivity index (χ1n) is 5.47. The summed E-state index contributed by atoms with van der Waals surface area (Å²) in [6.07, 6.45) is 0. The van der Waals surface area contributed by atoms with Crippen molar-refractivity contribution in [2.24, 2.45) is 0 Å². The predicted octanol–water partition coefficient (Wildman–Crippen LogP) is 2.65. The number of anilines is 1. The van der Waals surface area contributed by atoms with Crippen molar-refractivity contribution in [3.63, 3.8) is 0 Å². The van der Waals surface area contributed by atoms with Gasteiger partial charge in [-0.25, -0.2) is 0 Å². The zero-order valence-corrected chi connectivity index (χ0v) is 11.6. The van der Waals surface area contributed by atoms with Crippen LogP contribution in [-0.2, 0) is 0 Å². The standard InChI is InChI=1S/C10H16N2OS.C2H3N/c1-4-12(5-2)10(13)9-7(3)6-8(11)14-9;1-2-3/h6H,4-5,11H2,1-3H3;1H3. The monoisotopic (exact) mass is 253 g/mol. The van der Waals surface area contributed by atoms with Crippen molar-refractivity contribution in [3.05, 3.63) is 16.5 Å². The maximum Gasteiger partial charge on any atom is 0.264 e. The van der Waals surface area contributed by atoms with E-state index in [0.717, 1.165) is 23.5 Å². The maximum absolute atomic E-state index is 11.9. The molecule has 1 amide bonds. The van der Waals surface area contributed by atoms with E-state index in [1.165, 1.54) is 18.3 Å². The molecule has 0 bridgehead atoms. The maximum atomic E-state index is 11.9. The molecule has 4 nitrogen and oxygen atoms in total. The molecule has 0 aliphatic heterocycles. The molecule has 1 aromatic heterocycles. The minimum atomic E-state index is 0.0919. The number of hydrogen-bond acceptors (Lipinski definition) is 4. The average Bonchev–Trinajstić information content (AvgIpc) is 2.60. The topological polar surface area (TPSA) is 70.1 Å². The summed E-state index contributed by atoms with van der Waals surface area (Å²) >= 11 is 1.37. The van der Waals surface area contributed by atoms with Crippen LogP contribution in [0.4, 0.5) is 5.00 Å². The van der Waals surface area contributed by atoms with Crippen LogP contribution in [0.1, 0.15) is 36.0 Å². The summed E-state index contributed by atoms with van der Waals surface area (Å²) in [5.74, 6) is 0.0919. The van der Waals surface area contributed by atoms with Crippen molar-refractivity contribution in [2.75, 3.05) is 18.8 Å². The number of rotatable bonds is 3. The molecule has 0 atom stereocenters. The molecule has 0 spiro atoms. The lowest BCUT2D eigenvalue weighted by Crippen LogP contribution is -2.30. The Morgan fingerprint density at radius 1 is 1.53 bits per heavy atom. The first-order chi connectivity index (χ1) is 8.01. The Labute approximate surface area is 107 Å². The number of thiophene rings is 1. The highest BCUT2D eigenvalue weighted by Gasteiger charge is 2.17. The van der Waals surface area contributed by atoms with E-state index in [1.54, 1.807) is 11.0 Å². The molecular weight excluding hydrogens is 234 g/mol. The molecule has 0 aliphatic carbocycles. The van der Waals surface area contributed by atoms with Gasteiger partial charge >= 0.3 is 0 Å². The van der Waals surface area contributed by atoms with E-state index in [2.05, 4.69) is 0 Å². The van der Waals surface area contributed by atoms with Crippen LogP contribution in [0.2, 0.25) is 0 Å². The molecule has 1 aromatic rings. The van der Waals surface area contributed by atoms with Gasteiger partial charge in [-0.2, -0.15) is 5.26 Å². The average molecular weight is 253 g/mol. The van der Waals surface area contributed by atoms with E-state index in [1.807, 2.05) is 26.8 Å². The van der Waals surface area contributed by atoms with Gasteiger partial charge in [0, 0.05) is 20.0 Å². The van der Waals surface area contributed by atoms with Gasteiger partial charge in [0.05, 0.1) is 15.9 Å². The molecule has 0 aromatic carbocycles. The number of nitrogens with two attached hydrogens (primary N) is 1. The number of carbonyl (C=O) groups excluding carboxylic acids is 1. The molecule has 5 heteroatoms. The lowest BCUT2D eigenvalue weighted by atomic mass is 10.2. The zero-order valence-electron chi connectivity index (χ0n) is 10.8. The second kappa shape index (κ2) is 7.69. The fourth-order valence-electron chi connectivity index (χ4n) is 1.37. The zero-order chi connectivity index (χ0) is 13.4. The molecule has 0 saturated heterocycles. The number of aryl methyl sites for hydroxylation is 1. The van der Waals surface area contributed by atoms with Crippen LogP contribution in [0.25, 0.3) is 0 Å². The Kier molecular flexibility index (Phi) is 6.99. The summed E-state index contributed by atoms with van der Waals surface area (Å²) < 4.78 is 0. The van der Waals surface area contributed by atoms with E-state index >= 15 is 0 Å². The summed E-state index contributed by atoms with van der Waals surface area (Å²) in [4.78, 5) is 14.5. The predicted molar refractivity (Wildman–Crippen MR) is 72.0 cm³/mol. The van der Waals surface area contributed by atoms with E-state index in [9.17, 15) is 4.79 Å². The van der Waals surface area contributed by atoms with Crippen LogP contribution < -0.4 is 5.73 Å². The molecule has 1 heterocycles. The SMILES string of the molecule is CC#N.CCN(CC)C(=O)c1sc(N)cc1C. The quantitative estimate of drug-likeness (QED) is 0.900. The van der Waals surface area contributed by atoms with Crippen molar-refractivity contribution < 1.29 is 4.79 Å². The molecule has 0 saturated carbocycles. The first kappa shape index (κ1) is 15.5. The van der Waals surface area contributed by atoms with E-state index in [-0.39, 0.29) is 5.91 Å². The molecule has 0 aliphatic rings. The van der Waals surface area contributed by atoms with Gasteiger partial charge in [0.1, 0.15) is 0 Å². The smallest absolute Gasteiger partial charge is 0.264 e. The van der Waals surface area contributed by atoms with Crippen LogP contribution in [0.15, 0.2) is 6.07 Å². The second-order valence-electron chi connectivity index (χ2n) is 3.36. The van der Waals surface area contributed by atoms with Crippen LogP contribution in [-0.4, -0.2) is 23.9 Å². The molecule has 0 fully saturated rings. The van der Waals surface area contributed by atoms with Gasteiger partial charge in [-0.05, 0) is 32.4 Å². The second-order valence-corrected chi connectivity index (χ2v) is 4.45. The number of hydrogen-bond donors (Lipinski definition) is 1. The highest BCUT2D eigenvalue weighted by atomic mass is 32.1. The van der Waals surface area contributed by atoms with Gasteiger partial charge in [0.25, 0.3) is 5.91 Å². The number of nitrogen functional groups attached to an aromatic ring is 1. The van der Waals surface area contributed by atoms with Gasteiger partial charge in [-0.3, -0.25) is 4.79 Å². The Morgan fingerprint density at radius 3 is 2.29 bits per heavy atom. The third-order valence-electron chi connectivity index (χ3n) is 2.18. The molecular formula is C12H19N3OS. The Bertz CT molecular complexity index is 402. The van der Waals surface area contributed by atoms with Crippen LogP contribution in [0.5, 0.6) is 0 Å². The highest BCUT2D eigenvalue weighted by Crippen LogP contribution is 2.24. The van der Waals surface area contributed by atoms with Gasteiger partial charge in [-0.15, -0.1) is 11.3 Å². The third kappa shape index (κ3) is 4.45. The molecule has 17 heavy (non-hydrogen) atoms. The minimum absolute atomic E-state index is 0.0919. The van der Waals surface area contributed by atoms with Crippen molar-refractivity contribution in [3.8, 4) is 6.07 Å². The summed E-state index contributed by atoms with van der Waals surface area (Å²) in [6.45, 7) is 8.80. The van der Waals surface area contributed by atoms with Crippen LogP contribution >= 0.6 is 11.3 Å². The molecule has 2 N–H and O–H groups in total. The van der Waals surface area contributed by atoms with Crippen molar-refractivity contribution in [2.45, 2.75) is 27.7 Å². The summed E-state index contributed by atoms with van der Waals surface area (Å²) in [5, 5.41) is 8.03. The van der Waals surface area contributed by atoms with Crippen molar-refractivity contribution in [1.29, 1.82) is 5.26 Å². The van der Waals surface area contributed by atoms with Crippen LogP contribution in [0, 0.1) is 18.3 Å². The minimum Gasteiger partial charge on any atom is -0.391 e. The van der Waals surface area contributed by atoms with Crippen molar-refractivity contribution in [1.82, 2.24) is 4.90 Å². The van der Waals surface area contributed by atoms with E-state index < -0.39 is 0 Å². The van der Waals surface area contributed by atoms with Gasteiger partial charge in [0.2, 0.25) is 0 Å². The largest absolute Gasteiger partial charge is 0.391 e. The normalized spacial score (nSPS) is 8.88. The number of carbonyl (C=O) groups is 1. The van der Waals surface area contributed by atoms with Gasteiger partial charge in [-0.1, -0.05) is 0 Å². The molecule has 0 radical (unpaired) electrons.